The fourth-order valence-corrected chi connectivity index (χ4v) is 3.50. The maximum absolute atomic E-state index is 13.7. The highest BCUT2D eigenvalue weighted by Gasteiger charge is 2.30. The molecule has 0 spiro atoms. The average Bonchev–Trinajstić information content (AvgIpc) is 2.38. The number of sulfonamides is 1. The Labute approximate surface area is 114 Å². The van der Waals surface area contributed by atoms with Crippen LogP contribution in [0.3, 0.4) is 0 Å². The number of hydrogen-bond acceptors (Lipinski definition) is 3. The monoisotopic (exact) mass is 289 g/mol. The molecule has 0 radical (unpaired) electrons. The van der Waals surface area contributed by atoms with E-state index in [1.165, 1.54) is 29.6 Å². The van der Waals surface area contributed by atoms with Crippen molar-refractivity contribution >= 4 is 10.0 Å². The molecule has 0 aliphatic heterocycles. The van der Waals surface area contributed by atoms with E-state index in [1.54, 1.807) is 6.92 Å². The van der Waals surface area contributed by atoms with Crippen LogP contribution in [0.5, 0.6) is 0 Å². The van der Waals surface area contributed by atoms with Gasteiger partial charge < -0.3 is 4.74 Å². The molecule has 0 aromatic heterocycles. The first kappa shape index (κ1) is 16.1. The summed E-state index contributed by atoms with van der Waals surface area (Å²) >= 11 is 0. The van der Waals surface area contributed by atoms with Crippen molar-refractivity contribution in [2.24, 2.45) is 0 Å². The number of benzene rings is 1. The second-order valence-electron chi connectivity index (χ2n) is 4.30. The third-order valence-electron chi connectivity index (χ3n) is 3.02. The van der Waals surface area contributed by atoms with Gasteiger partial charge in [0.1, 0.15) is 10.7 Å². The number of ether oxygens (including phenoxy) is 1. The van der Waals surface area contributed by atoms with Crippen LogP contribution in [-0.4, -0.2) is 39.0 Å². The highest BCUT2D eigenvalue weighted by molar-refractivity contribution is 7.89. The third-order valence-corrected chi connectivity index (χ3v) is 5.07. The Bertz CT molecular complexity index is 504. The molecule has 0 saturated carbocycles. The molecule has 19 heavy (non-hydrogen) atoms. The third kappa shape index (κ3) is 3.75. The van der Waals surface area contributed by atoms with Gasteiger partial charge in [0.2, 0.25) is 10.0 Å². The van der Waals surface area contributed by atoms with Gasteiger partial charge in [0.05, 0.1) is 6.61 Å². The first-order chi connectivity index (χ1) is 8.95. The van der Waals surface area contributed by atoms with Crippen molar-refractivity contribution in [3.8, 4) is 0 Å². The molecular formula is C13H20FNO3S. The molecule has 1 unspecified atom stereocenters. The van der Waals surface area contributed by atoms with E-state index in [4.69, 9.17) is 4.74 Å². The van der Waals surface area contributed by atoms with Crippen LogP contribution in [0.4, 0.5) is 4.39 Å². The zero-order valence-corrected chi connectivity index (χ0v) is 12.3. The number of hydrogen-bond donors (Lipinski definition) is 0. The van der Waals surface area contributed by atoms with Gasteiger partial charge in [-0.2, -0.15) is 4.31 Å². The second kappa shape index (κ2) is 6.98. The summed E-state index contributed by atoms with van der Waals surface area (Å²) in [5, 5.41) is 0. The summed E-state index contributed by atoms with van der Waals surface area (Å²) < 4.78 is 44.9. The van der Waals surface area contributed by atoms with Crippen LogP contribution in [0.25, 0.3) is 0 Å². The van der Waals surface area contributed by atoms with E-state index in [0.717, 1.165) is 6.07 Å². The standard InChI is InChI=1S/C13H20FNO3S/c1-4-11(2)15(9-10-18-3)19(16,17)13-8-6-5-7-12(13)14/h5-8,11H,4,9-10H2,1-3H3. The van der Waals surface area contributed by atoms with Gasteiger partial charge in [-0.3, -0.25) is 0 Å². The Morgan fingerprint density at radius 1 is 1.37 bits per heavy atom. The van der Waals surface area contributed by atoms with E-state index in [0.29, 0.717) is 6.42 Å². The van der Waals surface area contributed by atoms with Gasteiger partial charge in [-0.1, -0.05) is 19.1 Å². The minimum atomic E-state index is -3.84. The molecule has 0 bridgehead atoms. The smallest absolute Gasteiger partial charge is 0.246 e. The molecule has 108 valence electrons. The van der Waals surface area contributed by atoms with E-state index >= 15 is 0 Å². The molecule has 0 fully saturated rings. The van der Waals surface area contributed by atoms with Crippen LogP contribution >= 0.6 is 0 Å². The van der Waals surface area contributed by atoms with Gasteiger partial charge >= 0.3 is 0 Å². The van der Waals surface area contributed by atoms with Crippen LogP contribution in [-0.2, 0) is 14.8 Å². The first-order valence-electron chi connectivity index (χ1n) is 6.20. The van der Waals surface area contributed by atoms with Crippen molar-refractivity contribution < 1.29 is 17.5 Å². The Morgan fingerprint density at radius 3 is 2.53 bits per heavy atom. The normalized spacial score (nSPS) is 13.7. The van der Waals surface area contributed by atoms with Gasteiger partial charge in [0.15, 0.2) is 0 Å². The lowest BCUT2D eigenvalue weighted by molar-refractivity contribution is 0.167. The molecular weight excluding hydrogens is 269 g/mol. The molecule has 1 aromatic carbocycles. The number of halogens is 1. The van der Waals surface area contributed by atoms with Crippen LogP contribution in [0.1, 0.15) is 20.3 Å². The van der Waals surface area contributed by atoms with Gasteiger partial charge in [0, 0.05) is 19.7 Å². The maximum atomic E-state index is 13.7. The Balaban J connectivity index is 3.16. The van der Waals surface area contributed by atoms with Crippen molar-refractivity contribution in [2.45, 2.75) is 31.2 Å². The van der Waals surface area contributed by atoms with Gasteiger partial charge in [-0.25, -0.2) is 12.8 Å². The summed E-state index contributed by atoms with van der Waals surface area (Å²) in [6.45, 7) is 4.18. The Hall–Kier alpha value is -0.980. The van der Waals surface area contributed by atoms with Crippen LogP contribution < -0.4 is 0 Å². The van der Waals surface area contributed by atoms with E-state index in [9.17, 15) is 12.8 Å². The van der Waals surface area contributed by atoms with E-state index in [-0.39, 0.29) is 24.1 Å². The number of rotatable bonds is 7. The molecule has 0 aliphatic rings. The van der Waals surface area contributed by atoms with Gasteiger partial charge in [0.25, 0.3) is 0 Å². The lowest BCUT2D eigenvalue weighted by atomic mass is 10.3. The second-order valence-corrected chi connectivity index (χ2v) is 6.16. The zero-order valence-electron chi connectivity index (χ0n) is 11.5. The van der Waals surface area contributed by atoms with Crippen molar-refractivity contribution in [3.05, 3.63) is 30.1 Å². The molecule has 0 amide bonds. The minimum absolute atomic E-state index is 0.209. The summed E-state index contributed by atoms with van der Waals surface area (Å²) in [4.78, 5) is -0.286. The van der Waals surface area contributed by atoms with Crippen LogP contribution in [0.15, 0.2) is 29.2 Å². The summed E-state index contributed by atoms with van der Waals surface area (Å²) in [7, 11) is -2.33. The predicted octanol–water partition coefficient (Wildman–Crippen LogP) is 2.26. The summed E-state index contributed by atoms with van der Waals surface area (Å²) in [5.41, 5.74) is 0. The number of nitrogens with zero attached hydrogens (tertiary/aromatic N) is 1. The van der Waals surface area contributed by atoms with Gasteiger partial charge in [-0.15, -0.1) is 0 Å². The summed E-state index contributed by atoms with van der Waals surface area (Å²) in [6, 6.07) is 5.21. The fourth-order valence-electron chi connectivity index (χ4n) is 1.74. The lowest BCUT2D eigenvalue weighted by Gasteiger charge is -2.27. The van der Waals surface area contributed by atoms with E-state index in [1.807, 2.05) is 6.92 Å². The molecule has 6 heteroatoms. The topological polar surface area (TPSA) is 46.6 Å². The molecule has 0 saturated heterocycles. The van der Waals surface area contributed by atoms with Crippen molar-refractivity contribution in [2.75, 3.05) is 20.3 Å². The molecule has 1 atom stereocenters. The highest BCUT2D eigenvalue weighted by Crippen LogP contribution is 2.21. The Morgan fingerprint density at radius 2 is 2.00 bits per heavy atom. The lowest BCUT2D eigenvalue weighted by Crippen LogP contribution is -2.40. The first-order valence-corrected chi connectivity index (χ1v) is 7.64. The Kier molecular flexibility index (Phi) is 5.90. The van der Waals surface area contributed by atoms with Crippen LogP contribution in [0, 0.1) is 5.82 Å². The molecule has 0 aliphatic carbocycles. The molecule has 0 N–H and O–H groups in total. The molecule has 1 rings (SSSR count). The summed E-state index contributed by atoms with van der Waals surface area (Å²) in [6.07, 6.45) is 0.650. The molecule has 0 heterocycles. The quantitative estimate of drug-likeness (QED) is 0.773. The molecule has 4 nitrogen and oxygen atoms in total. The maximum Gasteiger partial charge on any atom is 0.246 e. The minimum Gasteiger partial charge on any atom is -0.383 e. The highest BCUT2D eigenvalue weighted by atomic mass is 32.2. The van der Waals surface area contributed by atoms with E-state index < -0.39 is 15.8 Å². The average molecular weight is 289 g/mol. The van der Waals surface area contributed by atoms with E-state index in [2.05, 4.69) is 0 Å². The molecule has 1 aromatic rings. The SMILES string of the molecule is CCC(C)N(CCOC)S(=O)(=O)c1ccccc1F. The number of methoxy groups -OCH3 is 1. The predicted molar refractivity (Wildman–Crippen MR) is 71.9 cm³/mol. The fraction of sp³-hybridized carbons (Fsp3) is 0.538. The van der Waals surface area contributed by atoms with Crippen molar-refractivity contribution in [3.63, 3.8) is 0 Å². The zero-order chi connectivity index (χ0) is 14.5. The van der Waals surface area contributed by atoms with Crippen LogP contribution in [0.2, 0.25) is 0 Å². The summed E-state index contributed by atoms with van der Waals surface area (Å²) in [5.74, 6) is -0.729. The van der Waals surface area contributed by atoms with Crippen molar-refractivity contribution in [1.82, 2.24) is 4.31 Å². The van der Waals surface area contributed by atoms with Gasteiger partial charge in [-0.05, 0) is 25.5 Å². The van der Waals surface area contributed by atoms with Crippen molar-refractivity contribution in [1.29, 1.82) is 0 Å². The largest absolute Gasteiger partial charge is 0.383 e.